The van der Waals surface area contributed by atoms with E-state index in [4.69, 9.17) is 17.2 Å². The molecule has 1 atom stereocenters. The Hall–Kier alpha value is -2.60. The number of carbonyl (C=O) groups is 5. The maximum atomic E-state index is 12.1. The molecule has 12 nitrogen and oxygen atoms in total. The molecule has 0 rings (SSSR count). The highest BCUT2D eigenvalue weighted by atomic mass is 16.2. The molecule has 0 aliphatic carbocycles. The topological polar surface area (TPSA) is 194 Å². The van der Waals surface area contributed by atoms with Crippen LogP contribution in [0.2, 0.25) is 12.6 Å². The van der Waals surface area contributed by atoms with Crippen molar-refractivity contribution in [1.29, 1.82) is 0 Å². The first kappa shape index (κ1) is 26.4. The normalized spacial score (nSPS) is 11.2. The van der Waals surface area contributed by atoms with Crippen LogP contribution in [-0.4, -0.2) is 107 Å². The zero-order chi connectivity index (χ0) is 22.4. The summed E-state index contributed by atoms with van der Waals surface area (Å²) in [7, 11) is 3.33. The number of nitrogens with zero attached hydrogens (tertiary/aromatic N) is 2. The van der Waals surface area contributed by atoms with Gasteiger partial charge in [0, 0.05) is 32.7 Å². The molecular weight excluding hydrogens is 380 g/mol. The van der Waals surface area contributed by atoms with Crippen LogP contribution < -0.4 is 27.8 Å². The highest BCUT2D eigenvalue weighted by Gasteiger charge is 2.21. The molecule has 0 fully saturated rings. The Morgan fingerprint density at radius 1 is 0.862 bits per heavy atom. The van der Waals surface area contributed by atoms with Crippen molar-refractivity contribution in [3.05, 3.63) is 0 Å². The fourth-order valence-electron chi connectivity index (χ4n) is 2.41. The van der Waals surface area contributed by atoms with E-state index in [9.17, 15) is 24.0 Å². The molecule has 0 aliphatic heterocycles. The molecule has 14 heteroatoms. The molecule has 0 aromatic heterocycles. The van der Waals surface area contributed by atoms with Crippen molar-refractivity contribution in [2.75, 3.05) is 45.8 Å². The summed E-state index contributed by atoms with van der Waals surface area (Å²) in [6, 6.07) is -1.02. The van der Waals surface area contributed by atoms with E-state index >= 15 is 0 Å². The van der Waals surface area contributed by atoms with Gasteiger partial charge in [-0.05, 0) is 12.6 Å². The molecule has 0 heterocycles. The lowest BCUT2D eigenvalue weighted by molar-refractivity contribution is -0.135. The minimum absolute atomic E-state index is 0.0777. The Morgan fingerprint density at radius 2 is 1.38 bits per heavy atom. The van der Waals surface area contributed by atoms with E-state index in [1.54, 1.807) is 15.7 Å². The Morgan fingerprint density at radius 3 is 1.83 bits per heavy atom. The highest BCUT2D eigenvalue weighted by molar-refractivity contribution is 6.20. The second-order valence-corrected chi connectivity index (χ2v) is 6.23. The van der Waals surface area contributed by atoms with Gasteiger partial charge in [0.15, 0.2) is 0 Å². The van der Waals surface area contributed by atoms with Crippen LogP contribution in [0, 0.1) is 0 Å². The lowest BCUT2D eigenvalue weighted by Gasteiger charge is -2.24. The Labute approximate surface area is 172 Å². The van der Waals surface area contributed by atoms with E-state index in [0.717, 1.165) is 0 Å². The zero-order valence-electron chi connectivity index (χ0n) is 17.1. The highest BCUT2D eigenvalue weighted by Crippen LogP contribution is 1.95. The van der Waals surface area contributed by atoms with E-state index in [2.05, 4.69) is 10.6 Å². The lowest BCUT2D eigenvalue weighted by atomic mass is 10.0. The predicted octanol–water partition coefficient (Wildman–Crippen LogP) is -6.25. The number of carbonyl (C=O) groups excluding carboxylic acids is 5. The van der Waals surface area contributed by atoms with E-state index in [-0.39, 0.29) is 70.3 Å². The smallest absolute Gasteiger partial charge is 0.241 e. The third-order valence-corrected chi connectivity index (χ3v) is 4.00. The first-order valence-corrected chi connectivity index (χ1v) is 9.51. The van der Waals surface area contributed by atoms with Gasteiger partial charge in [-0.15, -0.1) is 0 Å². The average molecular weight is 411 g/mol. The maximum absolute atomic E-state index is 12.1. The van der Waals surface area contributed by atoms with Crippen LogP contribution in [0.1, 0.15) is 0 Å². The number of hydrogen-bond acceptors (Lipinski definition) is 7. The van der Waals surface area contributed by atoms with Gasteiger partial charge in [-0.25, -0.2) is 0 Å². The lowest BCUT2D eigenvalue weighted by Crippen LogP contribution is -2.52. The summed E-state index contributed by atoms with van der Waals surface area (Å²) in [4.78, 5) is 61.7. The molecule has 8 N–H and O–H groups in total. The van der Waals surface area contributed by atoms with Crippen LogP contribution >= 0.6 is 0 Å². The molecule has 1 unspecified atom stereocenters. The number of nitrogens with one attached hydrogen (secondary N) is 2. The number of amides is 5. The molecule has 0 aromatic rings. The van der Waals surface area contributed by atoms with Gasteiger partial charge in [-0.3, -0.25) is 24.0 Å². The summed E-state index contributed by atoms with van der Waals surface area (Å²) in [5.74, 6) is -2.25. The summed E-state index contributed by atoms with van der Waals surface area (Å²) in [6.45, 7) is 0.0709. The number of nitrogens with two attached hydrogens (primary N) is 3. The molecule has 162 valence electrons. The third-order valence-electron chi connectivity index (χ3n) is 4.00. The van der Waals surface area contributed by atoms with Crippen LogP contribution in [0.3, 0.4) is 0 Å². The predicted molar refractivity (Wildman–Crippen MR) is 112 cm³/mol. The molecule has 0 aliphatic rings. The standard InChI is InChI=1S/C15H31B2N7O5/c16-5-13(27)23(3-1-18)8-11(25)21-2-4-24(14(28)6-17)9-12(26)22-10(7-19)15(20)29/h10H,1-9,16-19H2,(H2,20,29)(H,21,25)(H,22,26). The molecule has 0 saturated carbocycles. The van der Waals surface area contributed by atoms with Crippen LogP contribution in [0.4, 0.5) is 0 Å². The summed E-state index contributed by atoms with van der Waals surface area (Å²) in [5.41, 5.74) is 15.9. The van der Waals surface area contributed by atoms with Gasteiger partial charge in [0.1, 0.15) is 21.7 Å². The second kappa shape index (κ2) is 14.4. The molecule has 5 amide bonds. The third kappa shape index (κ3) is 10.5. The van der Waals surface area contributed by atoms with E-state index < -0.39 is 23.8 Å². The quantitative estimate of drug-likeness (QED) is 0.175. The van der Waals surface area contributed by atoms with Crippen molar-refractivity contribution >= 4 is 45.2 Å². The van der Waals surface area contributed by atoms with E-state index in [1.807, 2.05) is 0 Å². The Bertz CT molecular complexity index is 593. The summed E-state index contributed by atoms with van der Waals surface area (Å²) < 4.78 is 0. The van der Waals surface area contributed by atoms with Gasteiger partial charge in [-0.2, -0.15) is 0 Å². The van der Waals surface area contributed by atoms with Gasteiger partial charge in [0.2, 0.25) is 29.5 Å². The number of primary amides is 1. The molecule has 0 aromatic carbocycles. The minimum atomic E-state index is -1.02. The molecule has 0 bridgehead atoms. The maximum Gasteiger partial charge on any atom is 0.241 e. The van der Waals surface area contributed by atoms with Gasteiger partial charge >= 0.3 is 0 Å². The van der Waals surface area contributed by atoms with Crippen molar-refractivity contribution in [3.63, 3.8) is 0 Å². The van der Waals surface area contributed by atoms with Gasteiger partial charge < -0.3 is 37.6 Å². The molecule has 0 radical (unpaired) electrons. The van der Waals surface area contributed by atoms with Gasteiger partial charge in [-0.1, -0.05) is 0 Å². The summed E-state index contributed by atoms with van der Waals surface area (Å²) in [6.07, 6.45) is 0.420. The van der Waals surface area contributed by atoms with Crippen LogP contribution in [0.15, 0.2) is 0 Å². The molecule has 0 spiro atoms. The monoisotopic (exact) mass is 411 g/mol. The minimum Gasteiger partial charge on any atom is -0.368 e. The fourth-order valence-corrected chi connectivity index (χ4v) is 2.41. The first-order valence-electron chi connectivity index (χ1n) is 9.51. The van der Waals surface area contributed by atoms with Gasteiger partial charge in [0.25, 0.3) is 0 Å². The van der Waals surface area contributed by atoms with Crippen molar-refractivity contribution < 1.29 is 24.0 Å². The molecular formula is C15H31B2N7O5. The van der Waals surface area contributed by atoms with Crippen LogP contribution in [0.5, 0.6) is 0 Å². The first-order chi connectivity index (χ1) is 13.7. The van der Waals surface area contributed by atoms with Crippen molar-refractivity contribution in [1.82, 2.24) is 20.4 Å². The van der Waals surface area contributed by atoms with Crippen LogP contribution in [-0.2, 0) is 24.0 Å². The van der Waals surface area contributed by atoms with Gasteiger partial charge in [0.05, 0.1) is 13.1 Å². The Kier molecular flexibility index (Phi) is 13.1. The number of rotatable bonds is 14. The SMILES string of the molecule is BCC(=O)N(CCN)CC(=O)NCCN(CC(=O)NC(CN)C(N)=O)C(=O)CB. The van der Waals surface area contributed by atoms with Crippen molar-refractivity contribution in [2.24, 2.45) is 17.2 Å². The largest absolute Gasteiger partial charge is 0.368 e. The van der Waals surface area contributed by atoms with E-state index in [1.165, 1.54) is 9.80 Å². The summed E-state index contributed by atoms with van der Waals surface area (Å²) >= 11 is 0. The van der Waals surface area contributed by atoms with E-state index in [0.29, 0.717) is 0 Å². The van der Waals surface area contributed by atoms with Crippen LogP contribution in [0.25, 0.3) is 0 Å². The summed E-state index contributed by atoms with van der Waals surface area (Å²) in [5, 5.41) is 4.97. The Balaban J connectivity index is 4.67. The van der Waals surface area contributed by atoms with Crippen molar-refractivity contribution in [3.8, 4) is 0 Å². The molecule has 0 saturated heterocycles. The molecule has 29 heavy (non-hydrogen) atoms. The second-order valence-electron chi connectivity index (χ2n) is 6.23. The zero-order valence-corrected chi connectivity index (χ0v) is 17.1. The average Bonchev–Trinajstić information content (AvgIpc) is 2.69. The number of hydrogen-bond donors (Lipinski definition) is 5. The fraction of sp³-hybridized carbons (Fsp3) is 0.667. The van der Waals surface area contributed by atoms with Crippen molar-refractivity contribution in [2.45, 2.75) is 18.7 Å².